The smallest absolute Gasteiger partial charge is 0.0624 e. The zero-order valence-electron chi connectivity index (χ0n) is 10.0. The van der Waals surface area contributed by atoms with Crippen LogP contribution in [-0.2, 0) is 19.4 Å². The summed E-state index contributed by atoms with van der Waals surface area (Å²) >= 11 is 0. The van der Waals surface area contributed by atoms with E-state index in [2.05, 4.69) is 25.0 Å². The molecule has 0 aliphatic heterocycles. The van der Waals surface area contributed by atoms with E-state index < -0.39 is 0 Å². The number of rotatable bonds is 6. The number of aliphatic hydroxyl groups excluding tert-OH is 1. The molecule has 86 valence electrons. The van der Waals surface area contributed by atoms with Crippen molar-refractivity contribution in [3.05, 3.63) is 17.5 Å². The lowest BCUT2D eigenvalue weighted by molar-refractivity contribution is 0.160. The second-order valence-electron chi connectivity index (χ2n) is 3.90. The topological polar surface area (TPSA) is 38.0 Å². The lowest BCUT2D eigenvalue weighted by Gasteiger charge is -2.08. The van der Waals surface area contributed by atoms with Crippen LogP contribution in [0.3, 0.4) is 0 Å². The van der Waals surface area contributed by atoms with Gasteiger partial charge in [0.2, 0.25) is 0 Å². The molecule has 0 aliphatic rings. The van der Waals surface area contributed by atoms with Crippen LogP contribution in [0.1, 0.15) is 45.0 Å². The highest BCUT2D eigenvalue weighted by Crippen LogP contribution is 2.10. The highest BCUT2D eigenvalue weighted by molar-refractivity contribution is 5.10. The molecule has 0 spiro atoms. The number of hydrogen-bond donors (Lipinski definition) is 1. The quantitative estimate of drug-likeness (QED) is 0.781. The summed E-state index contributed by atoms with van der Waals surface area (Å²) in [6, 6.07) is 2.16. The van der Waals surface area contributed by atoms with Gasteiger partial charge in [-0.3, -0.25) is 4.68 Å². The monoisotopic (exact) mass is 210 g/mol. The van der Waals surface area contributed by atoms with E-state index in [1.165, 1.54) is 5.69 Å². The lowest BCUT2D eigenvalue weighted by atomic mass is 10.1. The largest absolute Gasteiger partial charge is 0.393 e. The van der Waals surface area contributed by atoms with E-state index in [1.54, 1.807) is 0 Å². The molecule has 0 saturated heterocycles. The van der Waals surface area contributed by atoms with Crippen molar-refractivity contribution in [2.24, 2.45) is 0 Å². The number of aryl methyl sites for hydroxylation is 3. The molecule has 3 nitrogen and oxygen atoms in total. The molecule has 1 heterocycles. The van der Waals surface area contributed by atoms with Crippen LogP contribution >= 0.6 is 0 Å². The van der Waals surface area contributed by atoms with Crippen LogP contribution in [0, 0.1) is 0 Å². The predicted molar refractivity (Wildman–Crippen MR) is 61.9 cm³/mol. The van der Waals surface area contributed by atoms with Gasteiger partial charge in [0.1, 0.15) is 0 Å². The van der Waals surface area contributed by atoms with Crippen LogP contribution in [0.5, 0.6) is 0 Å². The first kappa shape index (κ1) is 12.2. The van der Waals surface area contributed by atoms with Gasteiger partial charge >= 0.3 is 0 Å². The molecule has 1 rings (SSSR count). The van der Waals surface area contributed by atoms with Crippen LogP contribution < -0.4 is 0 Å². The first-order valence-corrected chi connectivity index (χ1v) is 5.94. The van der Waals surface area contributed by atoms with Crippen LogP contribution in [0.2, 0.25) is 0 Å². The van der Waals surface area contributed by atoms with Gasteiger partial charge in [-0.1, -0.05) is 13.8 Å². The third kappa shape index (κ3) is 3.34. The Bertz CT molecular complexity index is 294. The molecule has 1 aromatic heterocycles. The maximum absolute atomic E-state index is 9.52. The molecule has 3 heteroatoms. The van der Waals surface area contributed by atoms with Gasteiger partial charge in [0.15, 0.2) is 0 Å². The Morgan fingerprint density at radius 3 is 2.67 bits per heavy atom. The summed E-state index contributed by atoms with van der Waals surface area (Å²) in [6.45, 7) is 7.15. The maximum atomic E-state index is 9.52. The van der Waals surface area contributed by atoms with Gasteiger partial charge < -0.3 is 5.11 Å². The Balaban J connectivity index is 2.62. The Labute approximate surface area is 92.1 Å². The minimum Gasteiger partial charge on any atom is -0.393 e. The fourth-order valence-corrected chi connectivity index (χ4v) is 1.68. The Morgan fingerprint density at radius 1 is 1.40 bits per heavy atom. The fourth-order valence-electron chi connectivity index (χ4n) is 1.68. The molecule has 0 saturated carbocycles. The summed E-state index contributed by atoms with van der Waals surface area (Å²) in [5, 5.41) is 14.0. The molecule has 0 radical (unpaired) electrons. The van der Waals surface area contributed by atoms with Crippen molar-refractivity contribution in [1.82, 2.24) is 9.78 Å². The fraction of sp³-hybridized carbons (Fsp3) is 0.750. The second kappa shape index (κ2) is 5.91. The van der Waals surface area contributed by atoms with Crippen molar-refractivity contribution < 1.29 is 5.11 Å². The van der Waals surface area contributed by atoms with E-state index >= 15 is 0 Å². The summed E-state index contributed by atoms with van der Waals surface area (Å²) in [7, 11) is 0. The first-order chi connectivity index (χ1) is 7.21. The molecule has 1 aromatic rings. The lowest BCUT2D eigenvalue weighted by Crippen LogP contribution is -2.09. The van der Waals surface area contributed by atoms with Crippen molar-refractivity contribution in [2.75, 3.05) is 0 Å². The molecule has 15 heavy (non-hydrogen) atoms. The third-order valence-corrected chi connectivity index (χ3v) is 2.78. The van der Waals surface area contributed by atoms with Crippen molar-refractivity contribution >= 4 is 0 Å². The third-order valence-electron chi connectivity index (χ3n) is 2.78. The van der Waals surface area contributed by atoms with Gasteiger partial charge in [-0.15, -0.1) is 0 Å². The molecule has 0 amide bonds. The van der Waals surface area contributed by atoms with Gasteiger partial charge in [0.05, 0.1) is 11.8 Å². The Morgan fingerprint density at radius 2 is 2.13 bits per heavy atom. The average Bonchev–Trinajstić information content (AvgIpc) is 2.68. The first-order valence-electron chi connectivity index (χ1n) is 5.94. The van der Waals surface area contributed by atoms with Crippen LogP contribution in [-0.4, -0.2) is 21.0 Å². The summed E-state index contributed by atoms with van der Waals surface area (Å²) in [5.74, 6) is 0. The number of hydrogen-bond acceptors (Lipinski definition) is 2. The van der Waals surface area contributed by atoms with Crippen molar-refractivity contribution in [3.8, 4) is 0 Å². The van der Waals surface area contributed by atoms with Crippen molar-refractivity contribution in [1.29, 1.82) is 0 Å². The molecule has 1 N–H and O–H groups in total. The Hall–Kier alpha value is -0.830. The minimum atomic E-state index is -0.171. The number of nitrogens with zero attached hydrogens (tertiary/aromatic N) is 2. The van der Waals surface area contributed by atoms with Gasteiger partial charge in [0, 0.05) is 12.2 Å². The van der Waals surface area contributed by atoms with Crippen molar-refractivity contribution in [3.63, 3.8) is 0 Å². The van der Waals surface area contributed by atoms with Gasteiger partial charge in [-0.25, -0.2) is 0 Å². The molecule has 1 atom stereocenters. The van der Waals surface area contributed by atoms with E-state index in [0.29, 0.717) is 0 Å². The van der Waals surface area contributed by atoms with Gasteiger partial charge in [-0.2, -0.15) is 5.10 Å². The summed E-state index contributed by atoms with van der Waals surface area (Å²) in [6.07, 6.45) is 3.41. The molecular weight excluding hydrogens is 188 g/mol. The average molecular weight is 210 g/mol. The molecule has 0 bridgehead atoms. The second-order valence-corrected chi connectivity index (χ2v) is 3.90. The highest BCUT2D eigenvalue weighted by atomic mass is 16.3. The SMILES string of the molecule is CCc1cc(CCC(O)CC)n(CC)n1. The van der Waals surface area contributed by atoms with Crippen LogP contribution in [0.25, 0.3) is 0 Å². The summed E-state index contributed by atoms with van der Waals surface area (Å²) in [5.41, 5.74) is 2.40. The zero-order chi connectivity index (χ0) is 11.3. The molecule has 0 aromatic carbocycles. The minimum absolute atomic E-state index is 0.171. The van der Waals surface area contributed by atoms with E-state index in [0.717, 1.165) is 37.9 Å². The predicted octanol–water partition coefficient (Wildman–Crippen LogP) is 2.17. The molecular formula is C12H22N2O. The van der Waals surface area contributed by atoms with E-state index in [-0.39, 0.29) is 6.10 Å². The number of aliphatic hydroxyl groups is 1. The maximum Gasteiger partial charge on any atom is 0.0624 e. The number of aromatic nitrogens is 2. The van der Waals surface area contributed by atoms with E-state index in [4.69, 9.17) is 0 Å². The van der Waals surface area contributed by atoms with Gasteiger partial charge in [-0.05, 0) is 38.7 Å². The summed E-state index contributed by atoms with van der Waals surface area (Å²) < 4.78 is 2.04. The zero-order valence-corrected chi connectivity index (χ0v) is 10.0. The van der Waals surface area contributed by atoms with Crippen molar-refractivity contribution in [2.45, 2.75) is 59.1 Å². The van der Waals surface area contributed by atoms with Crippen LogP contribution in [0.15, 0.2) is 6.07 Å². The normalized spacial score (nSPS) is 13.1. The van der Waals surface area contributed by atoms with Gasteiger partial charge in [0.25, 0.3) is 0 Å². The standard InChI is InChI=1S/C12H22N2O/c1-4-10-9-11(14(6-3)13-10)7-8-12(15)5-2/h9,12,15H,4-8H2,1-3H3. The molecule has 0 aliphatic carbocycles. The Kier molecular flexibility index (Phi) is 4.82. The molecule has 0 fully saturated rings. The van der Waals surface area contributed by atoms with E-state index in [1.807, 2.05) is 11.6 Å². The van der Waals surface area contributed by atoms with Crippen LogP contribution in [0.4, 0.5) is 0 Å². The summed E-state index contributed by atoms with van der Waals surface area (Å²) in [4.78, 5) is 0. The van der Waals surface area contributed by atoms with E-state index in [9.17, 15) is 5.11 Å². The molecule has 1 unspecified atom stereocenters. The highest BCUT2D eigenvalue weighted by Gasteiger charge is 2.07.